The SMILES string of the molecule is COc1ccc(C(=O)O)c(Oc2ccccc2OC)c1. The predicted octanol–water partition coefficient (Wildman–Crippen LogP) is 3.19. The van der Waals surface area contributed by atoms with Crippen molar-refractivity contribution >= 4 is 5.97 Å². The summed E-state index contributed by atoms with van der Waals surface area (Å²) in [5.74, 6) is 0.594. The Morgan fingerprint density at radius 1 is 0.950 bits per heavy atom. The molecule has 0 aliphatic heterocycles. The number of methoxy groups -OCH3 is 2. The summed E-state index contributed by atoms with van der Waals surface area (Å²) in [7, 11) is 3.02. The second-order valence-electron chi connectivity index (χ2n) is 3.92. The van der Waals surface area contributed by atoms with Crippen LogP contribution in [0.1, 0.15) is 10.4 Å². The van der Waals surface area contributed by atoms with E-state index in [0.29, 0.717) is 17.2 Å². The van der Waals surface area contributed by atoms with Crippen LogP contribution in [-0.2, 0) is 0 Å². The highest BCUT2D eigenvalue weighted by Gasteiger charge is 2.15. The third kappa shape index (κ3) is 2.83. The topological polar surface area (TPSA) is 65.0 Å². The summed E-state index contributed by atoms with van der Waals surface area (Å²) >= 11 is 0. The van der Waals surface area contributed by atoms with Crippen LogP contribution in [0.5, 0.6) is 23.0 Å². The molecule has 0 fully saturated rings. The maximum atomic E-state index is 11.2. The van der Waals surface area contributed by atoms with Gasteiger partial charge in [0.2, 0.25) is 0 Å². The minimum atomic E-state index is -1.07. The zero-order valence-electron chi connectivity index (χ0n) is 11.1. The first-order valence-corrected chi connectivity index (χ1v) is 5.88. The van der Waals surface area contributed by atoms with E-state index in [2.05, 4.69) is 0 Å². The maximum absolute atomic E-state index is 11.2. The molecule has 104 valence electrons. The highest BCUT2D eigenvalue weighted by Crippen LogP contribution is 2.34. The van der Waals surface area contributed by atoms with Crippen LogP contribution in [0.3, 0.4) is 0 Å². The minimum Gasteiger partial charge on any atom is -0.497 e. The van der Waals surface area contributed by atoms with Crippen LogP contribution in [0, 0.1) is 0 Å². The average Bonchev–Trinajstić information content (AvgIpc) is 2.47. The molecule has 0 unspecified atom stereocenters. The molecule has 0 amide bonds. The Hall–Kier alpha value is -2.69. The van der Waals surface area contributed by atoms with Crippen molar-refractivity contribution in [2.24, 2.45) is 0 Å². The summed E-state index contributed by atoms with van der Waals surface area (Å²) in [6.45, 7) is 0. The minimum absolute atomic E-state index is 0.0525. The fourth-order valence-electron chi connectivity index (χ4n) is 1.71. The zero-order valence-corrected chi connectivity index (χ0v) is 11.1. The molecule has 2 rings (SSSR count). The molecule has 0 saturated carbocycles. The summed E-state index contributed by atoms with van der Waals surface area (Å²) in [6.07, 6.45) is 0. The number of carboxylic acids is 1. The number of rotatable bonds is 5. The van der Waals surface area contributed by atoms with Crippen molar-refractivity contribution in [2.45, 2.75) is 0 Å². The zero-order chi connectivity index (χ0) is 14.5. The summed E-state index contributed by atoms with van der Waals surface area (Å²) in [4.78, 5) is 11.2. The van der Waals surface area contributed by atoms with Gasteiger partial charge in [-0.15, -0.1) is 0 Å². The molecule has 5 heteroatoms. The molecule has 1 N–H and O–H groups in total. The lowest BCUT2D eigenvalue weighted by molar-refractivity contribution is 0.0694. The van der Waals surface area contributed by atoms with Gasteiger partial charge < -0.3 is 19.3 Å². The smallest absolute Gasteiger partial charge is 0.339 e. The van der Waals surface area contributed by atoms with Crippen LogP contribution in [0.25, 0.3) is 0 Å². The summed E-state index contributed by atoms with van der Waals surface area (Å²) in [5.41, 5.74) is 0.0525. The second kappa shape index (κ2) is 5.97. The van der Waals surface area contributed by atoms with E-state index in [1.54, 1.807) is 30.3 Å². The van der Waals surface area contributed by atoms with Gasteiger partial charge in [0.1, 0.15) is 17.1 Å². The molecular weight excluding hydrogens is 260 g/mol. The van der Waals surface area contributed by atoms with Crippen LogP contribution in [0.4, 0.5) is 0 Å². The van der Waals surface area contributed by atoms with E-state index in [-0.39, 0.29) is 11.3 Å². The van der Waals surface area contributed by atoms with Crippen molar-refractivity contribution in [3.8, 4) is 23.0 Å². The van der Waals surface area contributed by atoms with Gasteiger partial charge in [-0.3, -0.25) is 0 Å². The fourth-order valence-corrected chi connectivity index (χ4v) is 1.71. The normalized spacial score (nSPS) is 9.90. The van der Waals surface area contributed by atoms with E-state index in [9.17, 15) is 9.90 Å². The van der Waals surface area contributed by atoms with Crippen molar-refractivity contribution in [2.75, 3.05) is 14.2 Å². The van der Waals surface area contributed by atoms with Gasteiger partial charge in [0.25, 0.3) is 0 Å². The quantitative estimate of drug-likeness (QED) is 0.907. The molecule has 2 aromatic rings. The number of aromatic carboxylic acids is 1. The predicted molar refractivity (Wildman–Crippen MR) is 73.0 cm³/mol. The Morgan fingerprint density at radius 3 is 2.25 bits per heavy atom. The van der Waals surface area contributed by atoms with Crippen molar-refractivity contribution < 1.29 is 24.1 Å². The van der Waals surface area contributed by atoms with Gasteiger partial charge in [-0.2, -0.15) is 0 Å². The molecule has 0 aliphatic rings. The molecule has 0 aliphatic carbocycles. The monoisotopic (exact) mass is 274 g/mol. The van der Waals surface area contributed by atoms with Gasteiger partial charge in [0.15, 0.2) is 11.5 Å². The first-order chi connectivity index (χ1) is 9.65. The summed E-state index contributed by atoms with van der Waals surface area (Å²) in [6, 6.07) is 11.5. The first-order valence-electron chi connectivity index (χ1n) is 5.88. The van der Waals surface area contributed by atoms with Crippen molar-refractivity contribution in [3.05, 3.63) is 48.0 Å². The van der Waals surface area contributed by atoms with Gasteiger partial charge in [-0.1, -0.05) is 12.1 Å². The lowest BCUT2D eigenvalue weighted by Crippen LogP contribution is -2.01. The Labute approximate surface area is 116 Å². The van der Waals surface area contributed by atoms with Crippen LogP contribution in [0.2, 0.25) is 0 Å². The van der Waals surface area contributed by atoms with Gasteiger partial charge >= 0.3 is 5.97 Å². The van der Waals surface area contributed by atoms with E-state index >= 15 is 0 Å². The largest absolute Gasteiger partial charge is 0.497 e. The van der Waals surface area contributed by atoms with Gasteiger partial charge in [-0.05, 0) is 24.3 Å². The summed E-state index contributed by atoms with van der Waals surface area (Å²) < 4.78 is 15.9. The summed E-state index contributed by atoms with van der Waals surface area (Å²) in [5, 5.41) is 9.18. The van der Waals surface area contributed by atoms with Crippen molar-refractivity contribution in [1.82, 2.24) is 0 Å². The number of hydrogen-bond donors (Lipinski definition) is 1. The number of para-hydroxylation sites is 2. The van der Waals surface area contributed by atoms with Crippen molar-refractivity contribution in [1.29, 1.82) is 0 Å². The number of ether oxygens (including phenoxy) is 3. The molecule has 0 spiro atoms. The Balaban J connectivity index is 2.43. The average molecular weight is 274 g/mol. The number of hydrogen-bond acceptors (Lipinski definition) is 4. The van der Waals surface area contributed by atoms with Crippen LogP contribution >= 0.6 is 0 Å². The fraction of sp³-hybridized carbons (Fsp3) is 0.133. The number of carbonyl (C=O) groups is 1. The molecule has 0 heterocycles. The molecule has 0 bridgehead atoms. The molecule has 0 radical (unpaired) electrons. The highest BCUT2D eigenvalue weighted by molar-refractivity contribution is 5.91. The Kier molecular flexibility index (Phi) is 4.10. The second-order valence-corrected chi connectivity index (χ2v) is 3.92. The van der Waals surface area contributed by atoms with E-state index in [1.807, 2.05) is 0 Å². The van der Waals surface area contributed by atoms with E-state index in [1.165, 1.54) is 26.4 Å². The van der Waals surface area contributed by atoms with E-state index < -0.39 is 5.97 Å². The van der Waals surface area contributed by atoms with E-state index in [4.69, 9.17) is 14.2 Å². The molecule has 20 heavy (non-hydrogen) atoms. The number of carboxylic acid groups (broad SMARTS) is 1. The molecule has 5 nitrogen and oxygen atoms in total. The van der Waals surface area contributed by atoms with Crippen LogP contribution in [-0.4, -0.2) is 25.3 Å². The van der Waals surface area contributed by atoms with Gasteiger partial charge in [0, 0.05) is 6.07 Å². The van der Waals surface area contributed by atoms with Crippen LogP contribution in [0.15, 0.2) is 42.5 Å². The van der Waals surface area contributed by atoms with E-state index in [0.717, 1.165) is 0 Å². The van der Waals surface area contributed by atoms with Gasteiger partial charge in [0.05, 0.1) is 14.2 Å². The maximum Gasteiger partial charge on any atom is 0.339 e. The molecule has 0 atom stereocenters. The number of benzene rings is 2. The van der Waals surface area contributed by atoms with Gasteiger partial charge in [-0.25, -0.2) is 4.79 Å². The standard InChI is InChI=1S/C15H14O5/c1-18-10-7-8-11(15(16)17)14(9-10)20-13-6-4-3-5-12(13)19-2/h3-9H,1-2H3,(H,16,17). The van der Waals surface area contributed by atoms with Crippen molar-refractivity contribution in [3.63, 3.8) is 0 Å². The lowest BCUT2D eigenvalue weighted by Gasteiger charge is -2.12. The molecule has 0 aromatic heterocycles. The lowest BCUT2D eigenvalue weighted by atomic mass is 10.2. The third-order valence-corrected chi connectivity index (χ3v) is 2.71. The van der Waals surface area contributed by atoms with Crippen LogP contribution < -0.4 is 14.2 Å². The molecular formula is C15H14O5. The Morgan fingerprint density at radius 2 is 1.65 bits per heavy atom. The Bertz CT molecular complexity index is 621. The highest BCUT2D eigenvalue weighted by atomic mass is 16.5. The first kappa shape index (κ1) is 13.7. The third-order valence-electron chi connectivity index (χ3n) is 2.71. The molecule has 2 aromatic carbocycles. The molecule has 0 saturated heterocycles.